The van der Waals surface area contributed by atoms with Crippen LogP contribution in [0.5, 0.6) is 11.5 Å². The first-order chi connectivity index (χ1) is 13.6. The number of rotatable bonds is 4. The molecule has 0 fully saturated rings. The summed E-state index contributed by atoms with van der Waals surface area (Å²) in [5.74, 6) is 1.24. The molecule has 1 unspecified atom stereocenters. The summed E-state index contributed by atoms with van der Waals surface area (Å²) in [6, 6.07) is 11.4. The molecule has 0 saturated heterocycles. The van der Waals surface area contributed by atoms with E-state index in [9.17, 15) is 4.79 Å². The van der Waals surface area contributed by atoms with Crippen LogP contribution in [0.4, 0.5) is 0 Å². The van der Waals surface area contributed by atoms with Gasteiger partial charge in [0.15, 0.2) is 11.5 Å². The minimum absolute atomic E-state index is 0.112. The third kappa shape index (κ3) is 3.39. The lowest BCUT2D eigenvalue weighted by atomic mass is 9.97. The fourth-order valence-corrected chi connectivity index (χ4v) is 3.54. The van der Waals surface area contributed by atoms with Gasteiger partial charge >= 0.3 is 0 Å². The number of aromatic nitrogens is 2. The van der Waals surface area contributed by atoms with Crippen molar-refractivity contribution in [2.45, 2.75) is 19.4 Å². The minimum Gasteiger partial charge on any atom is -0.493 e. The summed E-state index contributed by atoms with van der Waals surface area (Å²) in [5.41, 5.74) is 4.22. The van der Waals surface area contributed by atoms with E-state index in [4.69, 9.17) is 9.47 Å². The Balaban J connectivity index is 1.76. The van der Waals surface area contributed by atoms with Gasteiger partial charge in [-0.15, -0.1) is 0 Å². The first kappa shape index (κ1) is 18.3. The van der Waals surface area contributed by atoms with Crippen molar-refractivity contribution in [1.82, 2.24) is 14.7 Å². The van der Waals surface area contributed by atoms with Gasteiger partial charge in [0, 0.05) is 30.4 Å². The lowest BCUT2D eigenvalue weighted by Crippen LogP contribution is -2.30. The highest BCUT2D eigenvalue weighted by atomic mass is 16.5. The van der Waals surface area contributed by atoms with Crippen molar-refractivity contribution in [2.75, 3.05) is 20.8 Å². The standard InChI is InChI=1S/C22H23N3O3/c1-14-10-15(8-9-23-14)17-5-7-21-24-18(12-22(26)25(21)13-17)16-4-6-19(27-2)20(11-16)28-3/h4-8,11-14,23H,9-10H2,1-3H3. The van der Waals surface area contributed by atoms with Crippen molar-refractivity contribution < 1.29 is 9.47 Å². The van der Waals surface area contributed by atoms with E-state index in [0.29, 0.717) is 28.9 Å². The van der Waals surface area contributed by atoms with E-state index < -0.39 is 0 Å². The second kappa shape index (κ2) is 7.48. The highest BCUT2D eigenvalue weighted by molar-refractivity contribution is 5.69. The lowest BCUT2D eigenvalue weighted by Gasteiger charge is -2.21. The van der Waals surface area contributed by atoms with Gasteiger partial charge in [-0.3, -0.25) is 9.20 Å². The minimum atomic E-state index is -0.112. The van der Waals surface area contributed by atoms with Crippen LogP contribution in [0, 0.1) is 0 Å². The predicted octanol–water partition coefficient (Wildman–Crippen LogP) is 3.14. The van der Waals surface area contributed by atoms with Crippen molar-refractivity contribution >= 4 is 11.2 Å². The maximum Gasteiger partial charge on any atom is 0.258 e. The molecule has 1 aromatic carbocycles. The summed E-state index contributed by atoms with van der Waals surface area (Å²) >= 11 is 0. The zero-order valence-corrected chi connectivity index (χ0v) is 16.2. The van der Waals surface area contributed by atoms with E-state index >= 15 is 0 Å². The van der Waals surface area contributed by atoms with Crippen molar-refractivity contribution in [2.24, 2.45) is 0 Å². The molecule has 0 bridgehead atoms. The van der Waals surface area contributed by atoms with E-state index in [-0.39, 0.29) is 5.56 Å². The number of benzene rings is 1. The molecule has 3 aromatic rings. The van der Waals surface area contributed by atoms with Crippen molar-refractivity contribution in [3.8, 4) is 22.8 Å². The van der Waals surface area contributed by atoms with Gasteiger partial charge in [-0.1, -0.05) is 6.08 Å². The molecule has 3 heterocycles. The van der Waals surface area contributed by atoms with Crippen molar-refractivity contribution in [1.29, 1.82) is 0 Å². The van der Waals surface area contributed by atoms with Crippen LogP contribution in [-0.4, -0.2) is 36.2 Å². The Bertz CT molecular complexity index is 1120. The molecular weight excluding hydrogens is 354 g/mol. The van der Waals surface area contributed by atoms with Crippen LogP contribution in [0.2, 0.25) is 0 Å². The highest BCUT2D eigenvalue weighted by Crippen LogP contribution is 2.31. The van der Waals surface area contributed by atoms with Crippen LogP contribution in [0.3, 0.4) is 0 Å². The Kier molecular flexibility index (Phi) is 4.88. The highest BCUT2D eigenvalue weighted by Gasteiger charge is 2.14. The molecule has 0 aliphatic carbocycles. The molecule has 4 rings (SSSR count). The maximum atomic E-state index is 12.8. The van der Waals surface area contributed by atoms with E-state index in [1.54, 1.807) is 24.7 Å². The van der Waals surface area contributed by atoms with Gasteiger partial charge in [0.2, 0.25) is 0 Å². The Morgan fingerprint density at radius 1 is 1.07 bits per heavy atom. The summed E-state index contributed by atoms with van der Waals surface area (Å²) in [4.78, 5) is 17.5. The molecule has 2 aromatic heterocycles. The molecule has 28 heavy (non-hydrogen) atoms. The number of pyridine rings is 1. The number of fused-ring (bicyclic) bond motifs is 1. The van der Waals surface area contributed by atoms with Crippen molar-refractivity contribution in [3.63, 3.8) is 0 Å². The molecule has 1 N–H and O–H groups in total. The molecule has 1 aliphatic heterocycles. The van der Waals surface area contributed by atoms with Gasteiger partial charge in [0.25, 0.3) is 5.56 Å². The van der Waals surface area contributed by atoms with Crippen LogP contribution in [0.25, 0.3) is 22.5 Å². The van der Waals surface area contributed by atoms with Gasteiger partial charge in [0.1, 0.15) is 5.65 Å². The number of nitrogens with one attached hydrogen (secondary N) is 1. The third-order valence-corrected chi connectivity index (χ3v) is 5.05. The molecule has 1 aliphatic rings. The molecule has 0 spiro atoms. The molecule has 144 valence electrons. The second-order valence-corrected chi connectivity index (χ2v) is 6.94. The first-order valence-electron chi connectivity index (χ1n) is 9.27. The van der Waals surface area contributed by atoms with Crippen LogP contribution < -0.4 is 20.3 Å². The molecule has 6 heteroatoms. The topological polar surface area (TPSA) is 64.9 Å². The van der Waals surface area contributed by atoms with Gasteiger partial charge < -0.3 is 14.8 Å². The summed E-state index contributed by atoms with van der Waals surface area (Å²) in [7, 11) is 3.18. The summed E-state index contributed by atoms with van der Waals surface area (Å²) < 4.78 is 12.2. The largest absolute Gasteiger partial charge is 0.493 e. The van der Waals surface area contributed by atoms with Crippen molar-refractivity contribution in [3.05, 3.63) is 64.6 Å². The van der Waals surface area contributed by atoms with Crippen LogP contribution in [0.1, 0.15) is 18.9 Å². The Hall–Kier alpha value is -3.12. The number of methoxy groups -OCH3 is 2. The monoisotopic (exact) mass is 377 g/mol. The van der Waals surface area contributed by atoms with Gasteiger partial charge in [-0.05, 0) is 54.8 Å². The fourth-order valence-electron chi connectivity index (χ4n) is 3.54. The Labute approximate surface area is 163 Å². The lowest BCUT2D eigenvalue weighted by molar-refractivity contribution is 0.355. The van der Waals surface area contributed by atoms with Gasteiger partial charge in [0.05, 0.1) is 19.9 Å². The number of ether oxygens (including phenoxy) is 2. The van der Waals surface area contributed by atoms with Gasteiger partial charge in [-0.25, -0.2) is 4.98 Å². The first-order valence-corrected chi connectivity index (χ1v) is 9.27. The summed E-state index contributed by atoms with van der Waals surface area (Å²) in [6.45, 7) is 3.01. The molecule has 0 amide bonds. The molecule has 0 radical (unpaired) electrons. The fraction of sp³-hybridized carbons (Fsp3) is 0.273. The number of hydrogen-bond donors (Lipinski definition) is 1. The van der Waals surface area contributed by atoms with E-state index in [0.717, 1.165) is 24.1 Å². The average molecular weight is 377 g/mol. The zero-order valence-electron chi connectivity index (χ0n) is 16.2. The maximum absolute atomic E-state index is 12.8. The van der Waals surface area contributed by atoms with E-state index in [1.165, 1.54) is 5.57 Å². The molecular formula is C22H23N3O3. The number of hydrogen-bond acceptors (Lipinski definition) is 5. The quantitative estimate of drug-likeness (QED) is 0.757. The predicted molar refractivity (Wildman–Crippen MR) is 110 cm³/mol. The Morgan fingerprint density at radius 2 is 1.86 bits per heavy atom. The third-order valence-electron chi connectivity index (χ3n) is 5.05. The smallest absolute Gasteiger partial charge is 0.258 e. The van der Waals surface area contributed by atoms with E-state index in [2.05, 4.69) is 23.3 Å². The molecule has 6 nitrogen and oxygen atoms in total. The zero-order chi connectivity index (χ0) is 19.7. The van der Waals surface area contributed by atoms with Crippen LogP contribution >= 0.6 is 0 Å². The average Bonchev–Trinajstić information content (AvgIpc) is 2.73. The van der Waals surface area contributed by atoms with Crippen LogP contribution in [-0.2, 0) is 0 Å². The second-order valence-electron chi connectivity index (χ2n) is 6.94. The SMILES string of the molecule is COc1ccc(-c2cc(=O)n3cc(C4=CCNC(C)C4)ccc3n2)cc1OC. The van der Waals surface area contributed by atoms with Crippen LogP contribution in [0.15, 0.2) is 53.5 Å². The summed E-state index contributed by atoms with van der Waals surface area (Å²) in [6.07, 6.45) is 5.00. The van der Waals surface area contributed by atoms with Gasteiger partial charge in [-0.2, -0.15) is 0 Å². The van der Waals surface area contributed by atoms with E-state index in [1.807, 2.05) is 36.5 Å². The number of nitrogens with zero attached hydrogens (tertiary/aromatic N) is 2. The summed E-state index contributed by atoms with van der Waals surface area (Å²) in [5, 5.41) is 3.40. The Morgan fingerprint density at radius 3 is 2.61 bits per heavy atom. The molecule has 1 atom stereocenters. The normalized spacial score (nSPS) is 16.7. The molecule has 0 saturated carbocycles.